The minimum absolute atomic E-state index is 0.0215. The van der Waals surface area contributed by atoms with E-state index in [4.69, 9.17) is 23.2 Å². The van der Waals surface area contributed by atoms with Gasteiger partial charge in [-0.1, -0.05) is 37.0 Å². The predicted octanol–water partition coefficient (Wildman–Crippen LogP) is 3.24. The van der Waals surface area contributed by atoms with E-state index < -0.39 is 10.0 Å². The summed E-state index contributed by atoms with van der Waals surface area (Å²) in [4.78, 5) is 17.0. The van der Waals surface area contributed by atoms with Gasteiger partial charge in [-0.2, -0.15) is 0 Å². The summed E-state index contributed by atoms with van der Waals surface area (Å²) < 4.78 is 27.7. The van der Waals surface area contributed by atoms with E-state index >= 15 is 0 Å². The number of hydrogen-bond acceptors (Lipinski definition) is 4. The zero-order valence-corrected chi connectivity index (χ0v) is 18.6. The third kappa shape index (κ3) is 5.39. The summed E-state index contributed by atoms with van der Waals surface area (Å²) in [5.41, 5.74) is 0.179. The maximum Gasteiger partial charge on any atom is 0.255 e. The van der Waals surface area contributed by atoms with Crippen LogP contribution in [0.5, 0.6) is 0 Å². The first-order chi connectivity index (χ1) is 13.2. The van der Waals surface area contributed by atoms with E-state index in [0.29, 0.717) is 19.0 Å². The highest BCUT2D eigenvalue weighted by Crippen LogP contribution is 2.31. The molecule has 1 N–H and O–H groups in total. The number of nitrogens with zero attached hydrogens (tertiary/aromatic N) is 2. The van der Waals surface area contributed by atoms with Crippen molar-refractivity contribution < 1.29 is 13.2 Å². The van der Waals surface area contributed by atoms with Gasteiger partial charge in [-0.3, -0.25) is 9.69 Å². The highest BCUT2D eigenvalue weighted by atomic mass is 35.5. The molecule has 1 heterocycles. The molecule has 2 fully saturated rings. The Morgan fingerprint density at radius 3 is 2.36 bits per heavy atom. The fourth-order valence-electron chi connectivity index (χ4n) is 3.17. The number of benzene rings is 1. The Labute approximate surface area is 177 Å². The summed E-state index contributed by atoms with van der Waals surface area (Å²) in [6.45, 7) is 8.22. The fraction of sp³-hybridized carbons (Fsp3) is 0.632. The topological polar surface area (TPSA) is 69.7 Å². The molecule has 1 saturated carbocycles. The smallest absolute Gasteiger partial charge is 0.255 e. The van der Waals surface area contributed by atoms with Gasteiger partial charge in [0.2, 0.25) is 10.0 Å². The van der Waals surface area contributed by atoms with E-state index in [0.717, 1.165) is 38.9 Å². The molecule has 1 aliphatic heterocycles. The molecule has 9 heteroatoms. The molecule has 1 saturated heterocycles. The molecule has 3 rings (SSSR count). The van der Waals surface area contributed by atoms with Crippen LogP contribution in [0.4, 0.5) is 0 Å². The Bertz CT molecular complexity index is 833. The van der Waals surface area contributed by atoms with Gasteiger partial charge in [0.1, 0.15) is 4.90 Å². The number of halogens is 2. The first kappa shape index (κ1) is 21.8. The van der Waals surface area contributed by atoms with Crippen LogP contribution in [0.1, 0.15) is 43.5 Å². The second-order valence-electron chi connectivity index (χ2n) is 7.97. The van der Waals surface area contributed by atoms with Crippen molar-refractivity contribution in [3.05, 3.63) is 27.7 Å². The highest BCUT2D eigenvalue weighted by molar-refractivity contribution is 7.89. The van der Waals surface area contributed by atoms with Crippen LogP contribution in [-0.2, 0) is 10.0 Å². The van der Waals surface area contributed by atoms with E-state index in [1.807, 2.05) is 0 Å². The second-order valence-corrected chi connectivity index (χ2v) is 10.5. The number of piperazine rings is 1. The first-order valence-corrected chi connectivity index (χ1v) is 11.9. The average molecular weight is 448 g/mol. The number of carbonyl (C=O) groups is 1. The third-order valence-corrected chi connectivity index (χ3v) is 7.42. The largest absolute Gasteiger partial charge is 0.336 e. The highest BCUT2D eigenvalue weighted by Gasteiger charge is 2.31. The van der Waals surface area contributed by atoms with Crippen molar-refractivity contribution in [2.75, 3.05) is 32.7 Å². The van der Waals surface area contributed by atoms with Crippen molar-refractivity contribution >= 4 is 39.1 Å². The Morgan fingerprint density at radius 2 is 1.79 bits per heavy atom. The maximum atomic E-state index is 13.0. The van der Waals surface area contributed by atoms with Crippen LogP contribution >= 0.6 is 23.2 Å². The molecular weight excluding hydrogens is 421 g/mol. The van der Waals surface area contributed by atoms with Crippen molar-refractivity contribution in [1.82, 2.24) is 14.5 Å². The van der Waals surface area contributed by atoms with E-state index in [1.165, 1.54) is 12.1 Å². The SMILES string of the molecule is CC(C)CCN1CCN(C(=O)c2cc(S(=O)(=O)NC3CC3)c(Cl)cc2Cl)CC1. The lowest BCUT2D eigenvalue weighted by Gasteiger charge is -2.35. The van der Waals surface area contributed by atoms with Crippen LogP contribution in [0.3, 0.4) is 0 Å². The lowest BCUT2D eigenvalue weighted by atomic mass is 10.1. The third-order valence-electron chi connectivity index (χ3n) is 5.12. The summed E-state index contributed by atoms with van der Waals surface area (Å²) in [5, 5.41) is 0.191. The molecule has 1 amide bonds. The van der Waals surface area contributed by atoms with Gasteiger partial charge in [-0.15, -0.1) is 0 Å². The van der Waals surface area contributed by atoms with Gasteiger partial charge in [0, 0.05) is 32.2 Å². The molecule has 2 aliphatic rings. The van der Waals surface area contributed by atoms with E-state index in [-0.39, 0.29) is 32.5 Å². The molecule has 156 valence electrons. The van der Waals surface area contributed by atoms with Gasteiger partial charge in [0.25, 0.3) is 5.91 Å². The predicted molar refractivity (Wildman–Crippen MR) is 112 cm³/mol. The van der Waals surface area contributed by atoms with Gasteiger partial charge in [0.05, 0.1) is 15.6 Å². The van der Waals surface area contributed by atoms with Crippen LogP contribution < -0.4 is 4.72 Å². The van der Waals surface area contributed by atoms with Crippen LogP contribution in [0.25, 0.3) is 0 Å². The number of hydrogen-bond donors (Lipinski definition) is 1. The number of rotatable bonds is 7. The first-order valence-electron chi connectivity index (χ1n) is 9.70. The minimum Gasteiger partial charge on any atom is -0.336 e. The Kier molecular flexibility index (Phi) is 6.92. The molecule has 0 bridgehead atoms. The van der Waals surface area contributed by atoms with Crippen molar-refractivity contribution in [2.45, 2.75) is 44.0 Å². The maximum absolute atomic E-state index is 13.0. The van der Waals surface area contributed by atoms with E-state index in [2.05, 4.69) is 23.5 Å². The zero-order chi connectivity index (χ0) is 20.5. The molecule has 0 aromatic heterocycles. The molecule has 0 radical (unpaired) electrons. The van der Waals surface area contributed by atoms with Crippen LogP contribution in [-0.4, -0.2) is 62.9 Å². The molecule has 1 aromatic carbocycles. The van der Waals surface area contributed by atoms with Crippen molar-refractivity contribution in [2.24, 2.45) is 5.92 Å². The van der Waals surface area contributed by atoms with Gasteiger partial charge in [-0.05, 0) is 43.9 Å². The molecule has 0 unspecified atom stereocenters. The summed E-state index contributed by atoms with van der Waals surface area (Å²) in [6, 6.07) is 2.61. The number of amides is 1. The minimum atomic E-state index is -3.78. The summed E-state index contributed by atoms with van der Waals surface area (Å²) in [5.74, 6) is 0.394. The van der Waals surface area contributed by atoms with Gasteiger partial charge in [-0.25, -0.2) is 13.1 Å². The summed E-state index contributed by atoms with van der Waals surface area (Å²) in [6.07, 6.45) is 2.76. The van der Waals surface area contributed by atoms with E-state index in [1.54, 1.807) is 4.90 Å². The molecule has 0 atom stereocenters. The van der Waals surface area contributed by atoms with Crippen LogP contribution in [0.2, 0.25) is 10.0 Å². The molecule has 28 heavy (non-hydrogen) atoms. The monoisotopic (exact) mass is 447 g/mol. The Morgan fingerprint density at radius 1 is 1.14 bits per heavy atom. The summed E-state index contributed by atoms with van der Waals surface area (Å²) in [7, 11) is -3.78. The lowest BCUT2D eigenvalue weighted by molar-refractivity contribution is 0.0631. The molecular formula is C19H27Cl2N3O3S. The standard InChI is InChI=1S/C19H27Cl2N3O3S/c1-13(2)5-6-23-7-9-24(10-8-23)19(25)15-11-18(17(21)12-16(15)20)28(26,27)22-14-3-4-14/h11-14,22H,3-10H2,1-2H3. The molecule has 6 nitrogen and oxygen atoms in total. The number of nitrogens with one attached hydrogen (secondary N) is 1. The Balaban J connectivity index is 1.72. The fourth-order valence-corrected chi connectivity index (χ4v) is 5.33. The number of sulfonamides is 1. The quantitative estimate of drug-likeness (QED) is 0.696. The summed E-state index contributed by atoms with van der Waals surface area (Å²) >= 11 is 12.4. The Hall–Kier alpha value is -0.860. The van der Waals surface area contributed by atoms with Crippen molar-refractivity contribution in [1.29, 1.82) is 0 Å². The van der Waals surface area contributed by atoms with Gasteiger partial charge < -0.3 is 4.90 Å². The van der Waals surface area contributed by atoms with Gasteiger partial charge >= 0.3 is 0 Å². The molecule has 1 aromatic rings. The molecule has 0 spiro atoms. The average Bonchev–Trinajstić information content (AvgIpc) is 3.43. The van der Waals surface area contributed by atoms with Crippen molar-refractivity contribution in [3.8, 4) is 0 Å². The lowest BCUT2D eigenvalue weighted by Crippen LogP contribution is -2.49. The van der Waals surface area contributed by atoms with Crippen molar-refractivity contribution in [3.63, 3.8) is 0 Å². The normalized spacial score (nSPS) is 18.7. The zero-order valence-electron chi connectivity index (χ0n) is 16.2. The second kappa shape index (κ2) is 8.88. The van der Waals surface area contributed by atoms with Crippen LogP contribution in [0.15, 0.2) is 17.0 Å². The van der Waals surface area contributed by atoms with E-state index in [9.17, 15) is 13.2 Å². The van der Waals surface area contributed by atoms with Gasteiger partial charge in [0.15, 0.2) is 0 Å². The number of carbonyl (C=O) groups excluding carboxylic acids is 1. The van der Waals surface area contributed by atoms with Crippen LogP contribution in [0, 0.1) is 5.92 Å². The molecule has 1 aliphatic carbocycles.